The molecule has 0 spiro atoms. The van der Waals surface area contributed by atoms with Crippen molar-refractivity contribution in [1.82, 2.24) is 0 Å². The molecule has 1 atom stereocenters. The Labute approximate surface area is 126 Å². The molecule has 1 rings (SSSR count). The maximum atomic E-state index is 2.44. The number of hydrogen-bond acceptors (Lipinski definition) is 0. The molecule has 1 unspecified atom stereocenters. The van der Waals surface area contributed by atoms with E-state index in [2.05, 4.69) is 65.0 Å². The molecule has 0 radical (unpaired) electrons. The highest BCUT2D eigenvalue weighted by Gasteiger charge is 2.09. The molecule has 0 heterocycles. The number of allylic oxidation sites excluding steroid dienone is 8. The molecule has 0 aromatic rings. The second kappa shape index (κ2) is 9.00. The van der Waals surface area contributed by atoms with E-state index in [4.69, 9.17) is 0 Å². The predicted molar refractivity (Wildman–Crippen MR) is 91.8 cm³/mol. The maximum absolute atomic E-state index is 2.44. The molecule has 0 aliphatic heterocycles. The zero-order valence-corrected chi connectivity index (χ0v) is 14.1. The minimum absolute atomic E-state index is 0.696. The summed E-state index contributed by atoms with van der Waals surface area (Å²) < 4.78 is 0. The highest BCUT2D eigenvalue weighted by Crippen LogP contribution is 2.23. The van der Waals surface area contributed by atoms with E-state index < -0.39 is 0 Å². The molecule has 0 aromatic carbocycles. The Hall–Kier alpha value is -1.04. The van der Waals surface area contributed by atoms with Gasteiger partial charge < -0.3 is 0 Å². The van der Waals surface area contributed by atoms with Gasteiger partial charge in [0.25, 0.3) is 0 Å². The van der Waals surface area contributed by atoms with E-state index in [1.165, 1.54) is 36.8 Å². The van der Waals surface area contributed by atoms with E-state index in [9.17, 15) is 0 Å². The molecule has 1 aliphatic carbocycles. The zero-order chi connectivity index (χ0) is 15.0. The lowest BCUT2D eigenvalue weighted by Crippen LogP contribution is -2.05. The number of hydrogen-bond donors (Lipinski definition) is 0. The van der Waals surface area contributed by atoms with E-state index in [1.54, 1.807) is 5.57 Å². The lowest BCUT2D eigenvalue weighted by Gasteiger charge is -2.17. The Kier molecular flexibility index (Phi) is 7.65. The summed E-state index contributed by atoms with van der Waals surface area (Å²) in [6.45, 7) is 11.4. The summed E-state index contributed by atoms with van der Waals surface area (Å²) >= 11 is 0. The van der Waals surface area contributed by atoms with Gasteiger partial charge in [0.1, 0.15) is 0 Å². The van der Waals surface area contributed by atoms with E-state index in [1.807, 2.05) is 0 Å². The Bertz CT molecular complexity index is 402. The molecule has 0 nitrogen and oxygen atoms in total. The second-order valence-electron chi connectivity index (χ2n) is 6.63. The fourth-order valence-electron chi connectivity index (χ4n) is 2.59. The summed E-state index contributed by atoms with van der Waals surface area (Å²) in [7, 11) is 0. The maximum Gasteiger partial charge on any atom is -0.0161 e. The first-order valence-electron chi connectivity index (χ1n) is 8.15. The highest BCUT2D eigenvalue weighted by atomic mass is 14.1. The van der Waals surface area contributed by atoms with Crippen molar-refractivity contribution >= 4 is 0 Å². The van der Waals surface area contributed by atoms with Crippen molar-refractivity contribution in [2.45, 2.75) is 66.7 Å². The Balaban J connectivity index is 2.85. The zero-order valence-electron chi connectivity index (χ0n) is 14.1. The van der Waals surface area contributed by atoms with E-state index >= 15 is 0 Å². The van der Waals surface area contributed by atoms with Crippen LogP contribution in [0.1, 0.15) is 66.7 Å². The molecule has 112 valence electrons. The minimum atomic E-state index is 0.696. The number of rotatable bonds is 1. The van der Waals surface area contributed by atoms with Crippen LogP contribution in [-0.2, 0) is 0 Å². The van der Waals surface area contributed by atoms with Gasteiger partial charge in [-0.25, -0.2) is 0 Å². The summed E-state index contributed by atoms with van der Waals surface area (Å²) in [6, 6.07) is 0. The molecule has 0 bridgehead atoms. The lowest BCUT2D eigenvalue weighted by atomic mass is 9.88. The Morgan fingerprint density at radius 1 is 0.950 bits per heavy atom. The fourth-order valence-corrected chi connectivity index (χ4v) is 2.59. The van der Waals surface area contributed by atoms with Gasteiger partial charge in [-0.1, -0.05) is 60.9 Å². The minimum Gasteiger partial charge on any atom is -0.0853 e. The van der Waals surface area contributed by atoms with Crippen LogP contribution in [0.5, 0.6) is 0 Å². The van der Waals surface area contributed by atoms with Gasteiger partial charge in [-0.05, 0) is 64.7 Å². The largest absolute Gasteiger partial charge is 0.0853 e. The first-order valence-corrected chi connectivity index (χ1v) is 8.15. The first-order chi connectivity index (χ1) is 9.49. The van der Waals surface area contributed by atoms with Crippen LogP contribution in [0.25, 0.3) is 0 Å². The molecule has 1 aliphatic rings. The van der Waals surface area contributed by atoms with E-state index in [0.717, 1.165) is 12.3 Å². The summed E-state index contributed by atoms with van der Waals surface area (Å²) in [5.74, 6) is 1.42. The van der Waals surface area contributed by atoms with Gasteiger partial charge in [0, 0.05) is 0 Å². The third-order valence-corrected chi connectivity index (χ3v) is 4.27. The molecular weight excluding hydrogens is 240 g/mol. The third kappa shape index (κ3) is 6.93. The van der Waals surface area contributed by atoms with Gasteiger partial charge >= 0.3 is 0 Å². The van der Waals surface area contributed by atoms with Crippen molar-refractivity contribution in [1.29, 1.82) is 0 Å². The molecular formula is C20H32. The van der Waals surface area contributed by atoms with Crippen molar-refractivity contribution < 1.29 is 0 Å². The average molecular weight is 272 g/mol. The van der Waals surface area contributed by atoms with E-state index in [-0.39, 0.29) is 0 Å². The SMILES string of the molecule is CC1=C\C/C=C(\C)CC/C=C(\C)CCC(C(C)C)\C=C\1. The van der Waals surface area contributed by atoms with Crippen LogP contribution < -0.4 is 0 Å². The second-order valence-corrected chi connectivity index (χ2v) is 6.63. The Morgan fingerprint density at radius 3 is 2.35 bits per heavy atom. The monoisotopic (exact) mass is 272 g/mol. The van der Waals surface area contributed by atoms with Gasteiger partial charge in [0.05, 0.1) is 0 Å². The average Bonchev–Trinajstić information content (AvgIpc) is 2.37. The summed E-state index contributed by atoms with van der Waals surface area (Å²) in [5.41, 5.74) is 4.46. The fraction of sp³-hybridized carbons (Fsp3) is 0.600. The summed E-state index contributed by atoms with van der Waals surface area (Å²) in [6.07, 6.45) is 17.9. The normalized spacial score (nSPS) is 32.3. The Morgan fingerprint density at radius 2 is 1.65 bits per heavy atom. The molecule has 0 fully saturated rings. The molecule has 0 heteroatoms. The van der Waals surface area contributed by atoms with Crippen LogP contribution in [0.4, 0.5) is 0 Å². The van der Waals surface area contributed by atoms with Crippen molar-refractivity contribution in [2.75, 3.05) is 0 Å². The molecule has 20 heavy (non-hydrogen) atoms. The van der Waals surface area contributed by atoms with Crippen molar-refractivity contribution in [3.63, 3.8) is 0 Å². The third-order valence-electron chi connectivity index (χ3n) is 4.27. The van der Waals surface area contributed by atoms with Crippen LogP contribution in [-0.4, -0.2) is 0 Å². The highest BCUT2D eigenvalue weighted by molar-refractivity contribution is 5.19. The molecule has 0 amide bonds. The van der Waals surface area contributed by atoms with Crippen LogP contribution in [0.15, 0.2) is 47.1 Å². The topological polar surface area (TPSA) is 0 Å². The quantitative estimate of drug-likeness (QED) is 0.471. The van der Waals surface area contributed by atoms with Crippen LogP contribution in [0.3, 0.4) is 0 Å². The summed E-state index contributed by atoms with van der Waals surface area (Å²) in [5, 5.41) is 0. The van der Waals surface area contributed by atoms with Crippen LogP contribution in [0.2, 0.25) is 0 Å². The van der Waals surface area contributed by atoms with Crippen LogP contribution >= 0.6 is 0 Å². The van der Waals surface area contributed by atoms with Gasteiger partial charge in [0.2, 0.25) is 0 Å². The van der Waals surface area contributed by atoms with Gasteiger partial charge in [-0.15, -0.1) is 0 Å². The first kappa shape index (κ1) is 17.0. The molecule has 0 aromatic heterocycles. The van der Waals surface area contributed by atoms with E-state index in [0.29, 0.717) is 5.92 Å². The lowest BCUT2D eigenvalue weighted by molar-refractivity contribution is 0.435. The molecule has 0 saturated heterocycles. The van der Waals surface area contributed by atoms with Crippen molar-refractivity contribution in [3.8, 4) is 0 Å². The predicted octanol–water partition coefficient (Wildman–Crippen LogP) is 6.62. The van der Waals surface area contributed by atoms with Gasteiger partial charge in [-0.2, -0.15) is 0 Å². The molecule has 0 saturated carbocycles. The molecule has 0 N–H and O–H groups in total. The smallest absolute Gasteiger partial charge is 0.0161 e. The van der Waals surface area contributed by atoms with Gasteiger partial charge in [-0.3, -0.25) is 0 Å². The van der Waals surface area contributed by atoms with Crippen molar-refractivity contribution in [2.24, 2.45) is 11.8 Å². The standard InChI is InChI=1S/C20H32/c1-16(2)20-14-12-18(4)10-6-8-17(3)9-7-11-19(5)13-15-20/h8,10-12,14,16,20H,6-7,9,13,15H2,1-5H3/b14-12+,17-8+,18-10+,19-11+. The van der Waals surface area contributed by atoms with Gasteiger partial charge in [0.15, 0.2) is 0 Å². The van der Waals surface area contributed by atoms with Crippen LogP contribution in [0, 0.1) is 11.8 Å². The van der Waals surface area contributed by atoms with Crippen molar-refractivity contribution in [3.05, 3.63) is 47.1 Å². The summed E-state index contributed by atoms with van der Waals surface area (Å²) in [4.78, 5) is 0.